The van der Waals surface area contributed by atoms with Gasteiger partial charge in [-0.1, -0.05) is 0 Å². The van der Waals surface area contributed by atoms with Crippen LogP contribution in [0, 0.1) is 0 Å². The molecule has 0 spiro atoms. The fraction of sp³-hybridized carbons (Fsp3) is 0.727. The van der Waals surface area contributed by atoms with Crippen LogP contribution in [0.25, 0.3) is 0 Å². The molecule has 0 aromatic carbocycles. The Morgan fingerprint density at radius 1 is 1.37 bits per heavy atom. The molecule has 0 bridgehead atoms. The zero-order valence-electron chi connectivity index (χ0n) is 11.0. The Morgan fingerprint density at radius 2 is 2.11 bits per heavy atom. The van der Waals surface area contributed by atoms with Gasteiger partial charge >= 0.3 is 0 Å². The van der Waals surface area contributed by atoms with Crippen LogP contribution >= 0.6 is 11.8 Å². The molecule has 0 aliphatic carbocycles. The van der Waals surface area contributed by atoms with Gasteiger partial charge in [-0.3, -0.25) is 9.79 Å². The first-order valence-corrected chi connectivity index (χ1v) is 7.33. The second kappa shape index (κ2) is 11.8. The van der Waals surface area contributed by atoms with Crippen LogP contribution in [0.15, 0.2) is 4.99 Å². The van der Waals surface area contributed by atoms with Crippen LogP contribution in [0.4, 0.5) is 0 Å². The number of carbonyl (C=O) groups excluding carboxylic acids is 2. The predicted octanol–water partition coefficient (Wildman–Crippen LogP) is -1.19. The molecular formula is C11H23N5O2S. The lowest BCUT2D eigenvalue weighted by Gasteiger charge is -2.12. The van der Waals surface area contributed by atoms with Gasteiger partial charge in [-0.2, -0.15) is 11.8 Å². The minimum atomic E-state index is -0.440. The number of nitrogens with zero attached hydrogens (tertiary/aromatic N) is 1. The third-order valence-corrected chi connectivity index (χ3v) is 3.21. The van der Waals surface area contributed by atoms with Crippen molar-refractivity contribution >= 4 is 29.9 Å². The molecule has 7 nitrogen and oxygen atoms in total. The van der Waals surface area contributed by atoms with Gasteiger partial charge in [-0.15, -0.1) is 0 Å². The van der Waals surface area contributed by atoms with Crippen LogP contribution in [0.1, 0.15) is 19.3 Å². The van der Waals surface area contributed by atoms with Crippen molar-refractivity contribution in [1.82, 2.24) is 5.32 Å². The maximum absolute atomic E-state index is 11.5. The first-order chi connectivity index (χ1) is 9.10. The Hall–Kier alpha value is -1.28. The van der Waals surface area contributed by atoms with Gasteiger partial charge in [0.1, 0.15) is 6.29 Å². The summed E-state index contributed by atoms with van der Waals surface area (Å²) in [6.45, 7) is 1.08. The number of hydrogen-bond acceptors (Lipinski definition) is 5. The monoisotopic (exact) mass is 289 g/mol. The highest BCUT2D eigenvalue weighted by Crippen LogP contribution is 2.02. The molecule has 0 aromatic heterocycles. The van der Waals surface area contributed by atoms with Crippen molar-refractivity contribution in [3.63, 3.8) is 0 Å². The number of nitrogens with one attached hydrogen (secondary N) is 1. The highest BCUT2D eigenvalue weighted by molar-refractivity contribution is 7.99. The highest BCUT2D eigenvalue weighted by Gasteiger charge is 2.10. The van der Waals surface area contributed by atoms with Crippen molar-refractivity contribution in [3.8, 4) is 0 Å². The summed E-state index contributed by atoms with van der Waals surface area (Å²) >= 11 is 1.45. The molecule has 0 heterocycles. The molecule has 19 heavy (non-hydrogen) atoms. The summed E-state index contributed by atoms with van der Waals surface area (Å²) < 4.78 is 0. The van der Waals surface area contributed by atoms with Gasteiger partial charge in [0, 0.05) is 18.8 Å². The van der Waals surface area contributed by atoms with Crippen LogP contribution in [0.3, 0.4) is 0 Å². The van der Waals surface area contributed by atoms with Crippen molar-refractivity contribution in [2.45, 2.75) is 25.3 Å². The van der Waals surface area contributed by atoms with Crippen LogP contribution in [-0.2, 0) is 9.59 Å². The number of thioether (sulfide) groups is 1. The second-order valence-electron chi connectivity index (χ2n) is 3.95. The van der Waals surface area contributed by atoms with Crippen molar-refractivity contribution in [1.29, 1.82) is 0 Å². The molecular weight excluding hydrogens is 266 g/mol. The quantitative estimate of drug-likeness (QED) is 0.163. The molecule has 110 valence electrons. The van der Waals surface area contributed by atoms with Gasteiger partial charge in [-0.25, -0.2) is 0 Å². The SMILES string of the molecule is NCCSCC(=O)NC(C=O)CCCCN=C(N)N. The lowest BCUT2D eigenvalue weighted by atomic mass is 10.1. The molecule has 7 N–H and O–H groups in total. The van der Waals surface area contributed by atoms with Gasteiger partial charge in [-0.05, 0) is 19.3 Å². The van der Waals surface area contributed by atoms with Crippen LogP contribution in [0.2, 0.25) is 0 Å². The summed E-state index contributed by atoms with van der Waals surface area (Å²) in [6.07, 6.45) is 2.90. The number of nitrogens with two attached hydrogens (primary N) is 3. The summed E-state index contributed by atoms with van der Waals surface area (Å²) in [5.74, 6) is 0.990. The average Bonchev–Trinajstić information content (AvgIpc) is 2.37. The standard InChI is InChI=1S/C11H23N5O2S/c12-4-6-19-8-10(18)16-9(7-17)3-1-2-5-15-11(13)14/h7,9H,1-6,8,12H2,(H,16,18)(H4,13,14,15). The molecule has 0 saturated heterocycles. The second-order valence-corrected chi connectivity index (χ2v) is 5.06. The molecule has 0 aliphatic heterocycles. The van der Waals surface area contributed by atoms with Gasteiger partial charge < -0.3 is 27.3 Å². The van der Waals surface area contributed by atoms with Gasteiger partial charge in [0.05, 0.1) is 11.8 Å². The van der Waals surface area contributed by atoms with E-state index in [1.165, 1.54) is 11.8 Å². The number of unbranched alkanes of at least 4 members (excludes halogenated alkanes) is 1. The normalized spacial score (nSPS) is 11.6. The van der Waals surface area contributed by atoms with Gasteiger partial charge in [0.2, 0.25) is 5.91 Å². The lowest BCUT2D eigenvalue weighted by molar-refractivity contribution is -0.121. The summed E-state index contributed by atoms with van der Waals surface area (Å²) in [6, 6.07) is -0.440. The first kappa shape index (κ1) is 17.7. The van der Waals surface area contributed by atoms with Crippen molar-refractivity contribution < 1.29 is 9.59 Å². The minimum absolute atomic E-state index is 0.0668. The Balaban J connectivity index is 3.73. The van der Waals surface area contributed by atoms with Crippen LogP contribution < -0.4 is 22.5 Å². The third-order valence-electron chi connectivity index (χ3n) is 2.22. The largest absolute Gasteiger partial charge is 0.370 e. The van der Waals surface area contributed by atoms with Crippen molar-refractivity contribution in [2.75, 3.05) is 24.6 Å². The molecule has 0 radical (unpaired) electrons. The first-order valence-electron chi connectivity index (χ1n) is 6.18. The maximum Gasteiger partial charge on any atom is 0.230 e. The van der Waals surface area contributed by atoms with E-state index in [2.05, 4.69) is 10.3 Å². The molecule has 0 aromatic rings. The minimum Gasteiger partial charge on any atom is -0.370 e. The number of rotatable bonds is 11. The number of amides is 1. The number of guanidine groups is 1. The molecule has 0 fully saturated rings. The van der Waals surface area contributed by atoms with E-state index < -0.39 is 6.04 Å². The zero-order chi connectivity index (χ0) is 14.5. The molecule has 0 aliphatic rings. The fourth-order valence-corrected chi connectivity index (χ4v) is 1.93. The van der Waals surface area contributed by atoms with Crippen LogP contribution in [0.5, 0.6) is 0 Å². The Labute approximate surface area is 117 Å². The summed E-state index contributed by atoms with van der Waals surface area (Å²) in [5.41, 5.74) is 15.7. The van der Waals surface area contributed by atoms with Crippen molar-refractivity contribution in [3.05, 3.63) is 0 Å². The average molecular weight is 289 g/mol. The van der Waals surface area contributed by atoms with E-state index in [1.54, 1.807) is 0 Å². The lowest BCUT2D eigenvalue weighted by Crippen LogP contribution is -2.37. The number of carbonyl (C=O) groups is 2. The van der Waals surface area contributed by atoms with Gasteiger partial charge in [0.25, 0.3) is 0 Å². The highest BCUT2D eigenvalue weighted by atomic mass is 32.2. The van der Waals surface area contributed by atoms with E-state index in [9.17, 15) is 9.59 Å². The van der Waals surface area contributed by atoms with Gasteiger partial charge in [0.15, 0.2) is 5.96 Å². The number of aldehydes is 1. The summed E-state index contributed by atoms with van der Waals surface area (Å²) in [4.78, 5) is 26.2. The number of hydrogen-bond donors (Lipinski definition) is 4. The molecule has 8 heteroatoms. The number of aliphatic imine (C=N–C) groups is 1. The van der Waals surface area contributed by atoms with Crippen LogP contribution in [-0.4, -0.2) is 48.8 Å². The van der Waals surface area contributed by atoms with E-state index in [-0.39, 0.29) is 11.9 Å². The van der Waals surface area contributed by atoms with E-state index >= 15 is 0 Å². The Morgan fingerprint density at radius 3 is 2.68 bits per heavy atom. The molecule has 1 atom stereocenters. The van der Waals surface area contributed by atoms with E-state index in [0.29, 0.717) is 25.3 Å². The molecule has 0 saturated carbocycles. The Kier molecular flexibility index (Phi) is 11.0. The summed E-state index contributed by atoms with van der Waals surface area (Å²) in [7, 11) is 0. The third kappa shape index (κ3) is 11.5. The Bertz CT molecular complexity index is 295. The topological polar surface area (TPSA) is 137 Å². The van der Waals surface area contributed by atoms with E-state index in [1.807, 2.05) is 0 Å². The molecule has 1 unspecified atom stereocenters. The maximum atomic E-state index is 11.5. The smallest absolute Gasteiger partial charge is 0.230 e. The summed E-state index contributed by atoms with van der Waals surface area (Å²) in [5, 5.41) is 2.67. The van der Waals surface area contributed by atoms with E-state index in [0.717, 1.165) is 24.9 Å². The van der Waals surface area contributed by atoms with Crippen molar-refractivity contribution in [2.24, 2.45) is 22.2 Å². The molecule has 0 rings (SSSR count). The fourth-order valence-electron chi connectivity index (χ4n) is 1.36. The zero-order valence-corrected chi connectivity index (χ0v) is 11.8. The molecule has 1 amide bonds. The van der Waals surface area contributed by atoms with E-state index in [4.69, 9.17) is 17.2 Å². The predicted molar refractivity (Wildman–Crippen MR) is 78.9 cm³/mol.